The highest BCUT2D eigenvalue weighted by Crippen LogP contribution is 2.20. The van der Waals surface area contributed by atoms with Gasteiger partial charge in [0.15, 0.2) is 0 Å². The Balaban J connectivity index is 2.15. The zero-order valence-corrected chi connectivity index (χ0v) is 13.6. The fourth-order valence-electron chi connectivity index (χ4n) is 3.13. The minimum atomic E-state index is 0.680. The predicted molar refractivity (Wildman–Crippen MR) is 84.7 cm³/mol. The van der Waals surface area contributed by atoms with Gasteiger partial charge < -0.3 is 15.1 Å². The number of hydrogen-bond donors (Lipinski definition) is 1. The van der Waals surface area contributed by atoms with Crippen molar-refractivity contribution in [2.75, 3.05) is 45.8 Å². The summed E-state index contributed by atoms with van der Waals surface area (Å²) >= 11 is 0. The van der Waals surface area contributed by atoms with Crippen LogP contribution in [0.1, 0.15) is 47.0 Å². The first kappa shape index (κ1) is 16.9. The lowest BCUT2D eigenvalue weighted by Crippen LogP contribution is -2.44. The van der Waals surface area contributed by atoms with Gasteiger partial charge in [0, 0.05) is 19.1 Å². The molecule has 0 aromatic carbocycles. The lowest BCUT2D eigenvalue weighted by atomic mass is 9.90. The second kappa shape index (κ2) is 9.73. The van der Waals surface area contributed by atoms with Crippen molar-refractivity contribution >= 4 is 0 Å². The molecule has 1 unspecified atom stereocenters. The van der Waals surface area contributed by atoms with Crippen LogP contribution in [-0.2, 0) is 0 Å². The van der Waals surface area contributed by atoms with Crippen molar-refractivity contribution in [2.45, 2.75) is 53.0 Å². The number of nitrogens with one attached hydrogen (secondary N) is 1. The third-order valence-corrected chi connectivity index (χ3v) is 4.67. The Morgan fingerprint density at radius 3 is 2.37 bits per heavy atom. The van der Waals surface area contributed by atoms with Crippen LogP contribution in [0.15, 0.2) is 0 Å². The molecule has 3 nitrogen and oxygen atoms in total. The van der Waals surface area contributed by atoms with Crippen molar-refractivity contribution in [3.05, 3.63) is 0 Å². The largest absolute Gasteiger partial charge is 0.313 e. The van der Waals surface area contributed by atoms with E-state index in [4.69, 9.17) is 0 Å². The summed E-state index contributed by atoms with van der Waals surface area (Å²) in [5.41, 5.74) is 0. The zero-order chi connectivity index (χ0) is 14.1. The smallest absolute Gasteiger partial charge is 0.0107 e. The van der Waals surface area contributed by atoms with Crippen LogP contribution in [0.25, 0.3) is 0 Å². The van der Waals surface area contributed by atoms with Gasteiger partial charge in [0.25, 0.3) is 0 Å². The van der Waals surface area contributed by atoms with Crippen LogP contribution < -0.4 is 5.32 Å². The number of nitrogens with zero attached hydrogens (tertiary/aromatic N) is 2. The van der Waals surface area contributed by atoms with Gasteiger partial charge in [0.1, 0.15) is 0 Å². The molecule has 1 rings (SSSR count). The molecule has 1 heterocycles. The van der Waals surface area contributed by atoms with Crippen molar-refractivity contribution in [2.24, 2.45) is 5.92 Å². The first-order chi connectivity index (χ1) is 9.21. The van der Waals surface area contributed by atoms with Crippen molar-refractivity contribution in [3.8, 4) is 0 Å². The summed E-state index contributed by atoms with van der Waals surface area (Å²) in [6, 6.07) is 0.680. The van der Waals surface area contributed by atoms with Gasteiger partial charge in [-0.15, -0.1) is 0 Å². The Kier molecular flexibility index (Phi) is 8.67. The third-order valence-electron chi connectivity index (χ3n) is 4.67. The minimum absolute atomic E-state index is 0.680. The second-order valence-corrected chi connectivity index (χ2v) is 5.95. The van der Waals surface area contributed by atoms with Gasteiger partial charge in [-0.2, -0.15) is 0 Å². The van der Waals surface area contributed by atoms with Gasteiger partial charge in [0.2, 0.25) is 0 Å². The monoisotopic (exact) mass is 269 g/mol. The van der Waals surface area contributed by atoms with Gasteiger partial charge in [-0.25, -0.2) is 0 Å². The zero-order valence-electron chi connectivity index (χ0n) is 13.6. The Hall–Kier alpha value is -0.120. The van der Waals surface area contributed by atoms with E-state index in [-0.39, 0.29) is 0 Å². The lowest BCUT2D eigenvalue weighted by molar-refractivity contribution is 0.166. The van der Waals surface area contributed by atoms with Gasteiger partial charge in [0.05, 0.1) is 0 Å². The van der Waals surface area contributed by atoms with E-state index in [1.54, 1.807) is 0 Å². The molecule has 114 valence electrons. The number of piperidine rings is 1. The molecule has 0 aromatic rings. The summed E-state index contributed by atoms with van der Waals surface area (Å²) in [6.45, 7) is 17.7. The number of likely N-dealkylation sites (N-methyl/N-ethyl adjacent to an activating group) is 1. The fourth-order valence-corrected chi connectivity index (χ4v) is 3.13. The van der Waals surface area contributed by atoms with E-state index < -0.39 is 0 Å². The van der Waals surface area contributed by atoms with Crippen LogP contribution in [0.3, 0.4) is 0 Å². The van der Waals surface area contributed by atoms with E-state index in [1.807, 2.05) is 0 Å². The minimum Gasteiger partial charge on any atom is -0.313 e. The number of rotatable bonds is 9. The normalized spacial score (nSPS) is 20.1. The van der Waals surface area contributed by atoms with E-state index >= 15 is 0 Å². The van der Waals surface area contributed by atoms with E-state index in [0.717, 1.165) is 12.5 Å². The van der Waals surface area contributed by atoms with E-state index in [0.29, 0.717) is 6.04 Å². The summed E-state index contributed by atoms with van der Waals surface area (Å²) in [6.07, 6.45) is 4.00. The average Bonchev–Trinajstić information content (AvgIpc) is 2.46. The van der Waals surface area contributed by atoms with Gasteiger partial charge in [-0.05, 0) is 64.8 Å². The first-order valence-corrected chi connectivity index (χ1v) is 8.39. The van der Waals surface area contributed by atoms with E-state index in [1.165, 1.54) is 58.5 Å². The van der Waals surface area contributed by atoms with Crippen molar-refractivity contribution < 1.29 is 0 Å². The van der Waals surface area contributed by atoms with E-state index in [9.17, 15) is 0 Å². The van der Waals surface area contributed by atoms with E-state index in [2.05, 4.69) is 42.8 Å². The molecule has 1 N–H and O–H groups in total. The quantitative estimate of drug-likeness (QED) is 0.693. The molecule has 0 aromatic heterocycles. The summed E-state index contributed by atoms with van der Waals surface area (Å²) in [5.74, 6) is 0.879. The molecule has 1 atom stereocenters. The standard InChI is InChI=1S/C16H35N3/c1-5-11-18(6-2)14-10-17-15(4)16-8-12-19(7-3)13-9-16/h15-17H,5-14H2,1-4H3. The third kappa shape index (κ3) is 6.24. The molecule has 0 aliphatic carbocycles. The molecule has 0 saturated carbocycles. The van der Waals surface area contributed by atoms with Crippen LogP contribution in [-0.4, -0.2) is 61.7 Å². The molecule has 0 bridgehead atoms. The van der Waals surface area contributed by atoms with Crippen LogP contribution in [0.5, 0.6) is 0 Å². The molecule has 0 amide bonds. The summed E-state index contributed by atoms with van der Waals surface area (Å²) < 4.78 is 0. The molecule has 0 spiro atoms. The first-order valence-electron chi connectivity index (χ1n) is 8.39. The van der Waals surface area contributed by atoms with Crippen molar-refractivity contribution in [1.29, 1.82) is 0 Å². The molecule has 1 fully saturated rings. The van der Waals surface area contributed by atoms with Gasteiger partial charge >= 0.3 is 0 Å². The number of hydrogen-bond acceptors (Lipinski definition) is 3. The highest BCUT2D eigenvalue weighted by Gasteiger charge is 2.22. The molecule has 3 heteroatoms. The predicted octanol–water partition coefficient (Wildman–Crippen LogP) is 2.43. The highest BCUT2D eigenvalue weighted by molar-refractivity contribution is 4.79. The van der Waals surface area contributed by atoms with Crippen LogP contribution in [0.2, 0.25) is 0 Å². The average molecular weight is 269 g/mol. The van der Waals surface area contributed by atoms with Crippen molar-refractivity contribution in [3.63, 3.8) is 0 Å². The molecule has 1 aliphatic heterocycles. The molecular formula is C16H35N3. The SMILES string of the molecule is CCCN(CC)CCNC(C)C1CCN(CC)CC1. The van der Waals surface area contributed by atoms with Gasteiger partial charge in [-0.1, -0.05) is 20.8 Å². The molecule has 1 saturated heterocycles. The number of likely N-dealkylation sites (tertiary alicyclic amines) is 1. The summed E-state index contributed by atoms with van der Waals surface area (Å²) in [5, 5.41) is 3.75. The topological polar surface area (TPSA) is 18.5 Å². The molecular weight excluding hydrogens is 234 g/mol. The Morgan fingerprint density at radius 1 is 1.16 bits per heavy atom. The molecule has 19 heavy (non-hydrogen) atoms. The maximum atomic E-state index is 3.75. The molecule has 1 aliphatic rings. The maximum Gasteiger partial charge on any atom is 0.0107 e. The molecule has 0 radical (unpaired) electrons. The lowest BCUT2D eigenvalue weighted by Gasteiger charge is -2.35. The van der Waals surface area contributed by atoms with Crippen LogP contribution >= 0.6 is 0 Å². The Morgan fingerprint density at radius 2 is 1.84 bits per heavy atom. The van der Waals surface area contributed by atoms with Crippen LogP contribution in [0, 0.1) is 5.92 Å². The summed E-state index contributed by atoms with van der Waals surface area (Å²) in [4.78, 5) is 5.11. The Labute approximate surface area is 120 Å². The van der Waals surface area contributed by atoms with Gasteiger partial charge in [-0.3, -0.25) is 0 Å². The van der Waals surface area contributed by atoms with Crippen LogP contribution in [0.4, 0.5) is 0 Å². The fraction of sp³-hybridized carbons (Fsp3) is 1.00. The maximum absolute atomic E-state index is 3.75. The second-order valence-electron chi connectivity index (χ2n) is 5.95. The Bertz CT molecular complexity index is 212. The highest BCUT2D eigenvalue weighted by atomic mass is 15.1. The van der Waals surface area contributed by atoms with Crippen molar-refractivity contribution in [1.82, 2.24) is 15.1 Å². The summed E-state index contributed by atoms with van der Waals surface area (Å²) in [7, 11) is 0.